The Labute approximate surface area is 137 Å². The van der Waals surface area contributed by atoms with Crippen molar-refractivity contribution in [3.63, 3.8) is 0 Å². The maximum atomic E-state index is 9.37. The second-order valence-corrected chi connectivity index (χ2v) is 5.72. The van der Waals surface area contributed by atoms with E-state index in [0.717, 1.165) is 0 Å². The third kappa shape index (κ3) is 33.3. The molecule has 0 saturated heterocycles. The van der Waals surface area contributed by atoms with E-state index in [9.17, 15) is 51.9 Å². The van der Waals surface area contributed by atoms with E-state index in [0.29, 0.717) is 0 Å². The standard InChI is InChI=1S/2H2O8S2.Pb/c2*1-9(2,3)7-8-10(4,5)6;/h2*(H,1,2,3)(H,4,5,6);/p-4. The van der Waals surface area contributed by atoms with Crippen LogP contribution < -0.4 is 0 Å². The Morgan fingerprint density at radius 2 is 0.524 bits per heavy atom. The smallest absolute Gasteiger partial charge is 0.246 e. The Kier molecular flexibility index (Phi) is 11.9. The molecule has 0 unspecified atom stereocenters. The molecular weight excluding hydrogens is 591 g/mol. The molecule has 4 radical (unpaired) electrons. The van der Waals surface area contributed by atoms with Gasteiger partial charge in [-0.05, 0) is 0 Å². The first-order valence-electron chi connectivity index (χ1n) is 3.00. The van der Waals surface area contributed by atoms with E-state index in [4.69, 9.17) is 0 Å². The molecule has 0 rings (SSSR count). The first-order chi connectivity index (χ1) is 8.41. The van der Waals surface area contributed by atoms with Gasteiger partial charge >= 0.3 is 0 Å². The molecule has 16 nitrogen and oxygen atoms in total. The van der Waals surface area contributed by atoms with Gasteiger partial charge in [0.2, 0.25) is 41.6 Å². The molecule has 0 aromatic carbocycles. The molecule has 0 atom stereocenters. The summed E-state index contributed by atoms with van der Waals surface area (Å²) in [4.78, 5) is 0. The van der Waals surface area contributed by atoms with Crippen molar-refractivity contribution in [2.24, 2.45) is 0 Å². The summed E-state index contributed by atoms with van der Waals surface area (Å²) in [6, 6.07) is 0. The van der Waals surface area contributed by atoms with Crippen LogP contribution in [-0.2, 0) is 58.9 Å². The SMILES string of the molecule is O=S(=O)([O-])OOS(=O)(=O)[O-].O=S(=O)([O-])OOS(=O)(=O)[O-].[Pb]. The first kappa shape index (κ1) is 26.3. The summed E-state index contributed by atoms with van der Waals surface area (Å²) in [6.07, 6.45) is 0. The molecule has 0 aromatic rings. The second kappa shape index (κ2) is 9.52. The number of rotatable bonds is 6. The Morgan fingerprint density at radius 3 is 0.571 bits per heavy atom. The molecule has 0 N–H and O–H groups in total. The van der Waals surface area contributed by atoms with Crippen molar-refractivity contribution in [1.29, 1.82) is 0 Å². The van der Waals surface area contributed by atoms with Gasteiger partial charge < -0.3 is 18.2 Å². The van der Waals surface area contributed by atoms with E-state index in [1.54, 1.807) is 0 Å². The minimum atomic E-state index is -5.31. The molecule has 0 saturated carbocycles. The van der Waals surface area contributed by atoms with Crippen LogP contribution in [0.5, 0.6) is 0 Å². The predicted octanol–water partition coefficient (Wildman–Crippen LogP) is -4.67. The van der Waals surface area contributed by atoms with Crippen molar-refractivity contribution in [2.75, 3.05) is 0 Å². The van der Waals surface area contributed by atoms with Gasteiger partial charge in [-0.1, -0.05) is 0 Å². The molecule has 0 heterocycles. The van der Waals surface area contributed by atoms with Gasteiger partial charge in [-0.2, -0.15) is 0 Å². The van der Waals surface area contributed by atoms with E-state index < -0.39 is 41.6 Å². The third-order valence-electron chi connectivity index (χ3n) is 0.389. The Morgan fingerprint density at radius 1 is 0.429 bits per heavy atom. The molecule has 21 heavy (non-hydrogen) atoms. The van der Waals surface area contributed by atoms with Crippen LogP contribution in [0.25, 0.3) is 0 Å². The van der Waals surface area contributed by atoms with Crippen molar-refractivity contribution in [3.8, 4) is 0 Å². The molecule has 128 valence electrons. The molecule has 0 aromatic heterocycles. The van der Waals surface area contributed by atoms with Gasteiger partial charge in [0.15, 0.2) is 0 Å². The van der Waals surface area contributed by atoms with Crippen molar-refractivity contribution < 1.29 is 69.2 Å². The zero-order valence-corrected chi connectivity index (χ0v) is 15.8. The van der Waals surface area contributed by atoms with Gasteiger partial charge in [-0.15, -0.1) is 17.3 Å². The zero-order chi connectivity index (χ0) is 16.8. The summed E-state index contributed by atoms with van der Waals surface area (Å²) in [5, 5.41) is 0. The maximum absolute atomic E-state index is 9.37. The van der Waals surface area contributed by atoms with Crippen LogP contribution in [0.3, 0.4) is 0 Å². The predicted molar refractivity (Wildman–Crippen MR) is 48.9 cm³/mol. The normalized spacial score (nSPS) is 12.8. The minimum Gasteiger partial charge on any atom is -0.724 e. The molecule has 0 spiro atoms. The van der Waals surface area contributed by atoms with Crippen LogP contribution in [-0.4, -0.2) is 79.2 Å². The molecule has 0 aliphatic carbocycles. The second-order valence-electron chi connectivity index (χ2n) is 1.91. The average molecular weight is 591 g/mol. The van der Waals surface area contributed by atoms with E-state index in [2.05, 4.69) is 17.3 Å². The Balaban J connectivity index is -0.000000295. The molecule has 0 aliphatic heterocycles. The van der Waals surface area contributed by atoms with Crippen LogP contribution in [0, 0.1) is 0 Å². The van der Waals surface area contributed by atoms with Gasteiger partial charge in [0.05, 0.1) is 0 Å². The third-order valence-corrected chi connectivity index (χ3v) is 1.50. The summed E-state index contributed by atoms with van der Waals surface area (Å²) in [6.45, 7) is 0. The van der Waals surface area contributed by atoms with Crippen molar-refractivity contribution in [3.05, 3.63) is 0 Å². The van der Waals surface area contributed by atoms with Crippen LogP contribution in [0.2, 0.25) is 0 Å². The van der Waals surface area contributed by atoms with Gasteiger partial charge in [-0.25, -0.2) is 33.7 Å². The summed E-state index contributed by atoms with van der Waals surface area (Å²) >= 11 is 0. The van der Waals surface area contributed by atoms with E-state index in [-0.39, 0.29) is 27.3 Å². The van der Waals surface area contributed by atoms with E-state index in [1.807, 2.05) is 0 Å². The van der Waals surface area contributed by atoms with Crippen molar-refractivity contribution in [2.45, 2.75) is 0 Å². The van der Waals surface area contributed by atoms with Crippen LogP contribution in [0.15, 0.2) is 0 Å². The monoisotopic (exact) mass is 592 g/mol. The zero-order valence-electron chi connectivity index (χ0n) is 8.66. The largest absolute Gasteiger partial charge is 0.724 e. The van der Waals surface area contributed by atoms with Crippen LogP contribution in [0.4, 0.5) is 0 Å². The summed E-state index contributed by atoms with van der Waals surface area (Å²) in [5.74, 6) is 0. The average Bonchev–Trinajstić information content (AvgIpc) is 2.09. The molecule has 0 aliphatic rings. The van der Waals surface area contributed by atoms with Crippen LogP contribution in [0.1, 0.15) is 0 Å². The van der Waals surface area contributed by atoms with Crippen molar-refractivity contribution in [1.82, 2.24) is 0 Å². The van der Waals surface area contributed by atoms with Crippen LogP contribution >= 0.6 is 0 Å². The fourth-order valence-corrected chi connectivity index (χ4v) is 1.22. The fourth-order valence-electron chi connectivity index (χ4n) is 0.136. The van der Waals surface area contributed by atoms with Gasteiger partial charge in [0.25, 0.3) is 0 Å². The maximum Gasteiger partial charge on any atom is 0.246 e. The van der Waals surface area contributed by atoms with Gasteiger partial charge in [0.1, 0.15) is 0 Å². The Hall–Kier alpha value is 0.402. The van der Waals surface area contributed by atoms with E-state index >= 15 is 0 Å². The molecule has 0 bridgehead atoms. The quantitative estimate of drug-likeness (QED) is 0.0923. The minimum absolute atomic E-state index is 0. The molecule has 21 heteroatoms. The number of hydrogen-bond donors (Lipinski definition) is 0. The Bertz CT molecular complexity index is 556. The van der Waals surface area contributed by atoms with Crippen molar-refractivity contribution >= 4 is 68.9 Å². The topological polar surface area (TPSA) is 266 Å². The summed E-state index contributed by atoms with van der Waals surface area (Å²) in [7, 11) is -21.2. The first-order valence-corrected chi connectivity index (χ1v) is 8.33. The molecule has 0 fully saturated rings. The van der Waals surface area contributed by atoms with E-state index in [1.165, 1.54) is 0 Å². The molecular formula is O16PbS4-4. The fraction of sp³-hybridized carbons (Fsp3) is 0. The van der Waals surface area contributed by atoms with Gasteiger partial charge in [0, 0.05) is 27.3 Å². The summed E-state index contributed by atoms with van der Waals surface area (Å²) < 4.78 is 123. The summed E-state index contributed by atoms with van der Waals surface area (Å²) in [5.41, 5.74) is 0. The molecule has 0 amide bonds. The number of hydrogen-bond acceptors (Lipinski definition) is 16. The van der Waals surface area contributed by atoms with Gasteiger partial charge in [-0.3, -0.25) is 0 Å².